The Labute approximate surface area is 104 Å². The van der Waals surface area contributed by atoms with Gasteiger partial charge in [0.05, 0.1) is 23.7 Å². The molecule has 1 N–H and O–H groups in total. The van der Waals surface area contributed by atoms with Gasteiger partial charge in [-0.25, -0.2) is 8.42 Å². The summed E-state index contributed by atoms with van der Waals surface area (Å²) >= 11 is 0. The smallest absolute Gasteiger partial charge is 0.154 e. The molecule has 2 heterocycles. The minimum atomic E-state index is -3.02. The third-order valence-corrected chi connectivity index (χ3v) is 6.32. The van der Waals surface area contributed by atoms with Crippen LogP contribution in [0.1, 0.15) is 33.1 Å². The lowest BCUT2D eigenvalue weighted by molar-refractivity contribution is 0.0353. The fourth-order valence-electron chi connectivity index (χ4n) is 2.91. The first kappa shape index (κ1) is 13.3. The molecule has 0 aliphatic carbocycles. The maximum absolute atomic E-state index is 11.5. The van der Waals surface area contributed by atoms with Gasteiger partial charge in [-0.2, -0.15) is 0 Å². The van der Waals surface area contributed by atoms with Crippen molar-refractivity contribution in [3.63, 3.8) is 0 Å². The molecule has 0 spiro atoms. The monoisotopic (exact) mass is 261 g/mol. The average molecular weight is 261 g/mol. The third kappa shape index (κ3) is 2.83. The first-order chi connectivity index (χ1) is 7.85. The van der Waals surface area contributed by atoms with Gasteiger partial charge in [0.1, 0.15) is 0 Å². The zero-order valence-corrected chi connectivity index (χ0v) is 11.5. The van der Waals surface area contributed by atoms with Gasteiger partial charge in [0.25, 0.3) is 0 Å². The topological polar surface area (TPSA) is 57.6 Å². The number of hydrogen-bond donors (Lipinski definition) is 1. The Kier molecular flexibility index (Phi) is 3.54. The van der Waals surface area contributed by atoms with Gasteiger partial charge in [-0.15, -0.1) is 0 Å². The highest BCUT2D eigenvalue weighted by Crippen LogP contribution is 2.35. The van der Waals surface area contributed by atoms with E-state index < -0.39 is 15.9 Å². The molecule has 0 aromatic heterocycles. The van der Waals surface area contributed by atoms with Gasteiger partial charge in [-0.3, -0.25) is 4.90 Å². The summed E-state index contributed by atoms with van der Waals surface area (Å²) in [6, 6.07) is -0.165. The zero-order valence-electron chi connectivity index (χ0n) is 10.7. The Morgan fingerprint density at radius 1 is 1.29 bits per heavy atom. The summed E-state index contributed by atoms with van der Waals surface area (Å²) in [6.45, 7) is 6.35. The number of nitrogens with zero attached hydrogens (tertiary/aromatic N) is 1. The van der Waals surface area contributed by atoms with E-state index in [1.807, 2.05) is 0 Å². The quantitative estimate of drug-likeness (QED) is 0.793. The molecular weight excluding hydrogens is 238 g/mol. The van der Waals surface area contributed by atoms with Crippen molar-refractivity contribution in [3.05, 3.63) is 0 Å². The first-order valence-corrected chi connectivity index (χ1v) is 8.30. The number of piperidine rings is 1. The SMILES string of the molecule is CCC1(C)CCN(C2CS(=O)(=O)CC2O)CC1. The second kappa shape index (κ2) is 4.52. The Balaban J connectivity index is 1.98. The van der Waals surface area contributed by atoms with E-state index in [-0.39, 0.29) is 17.5 Å². The molecule has 2 rings (SSSR count). The van der Waals surface area contributed by atoms with Gasteiger partial charge < -0.3 is 5.11 Å². The van der Waals surface area contributed by atoms with Crippen molar-refractivity contribution >= 4 is 9.84 Å². The second-order valence-corrected chi connectivity index (χ2v) is 8.07. The van der Waals surface area contributed by atoms with Gasteiger partial charge in [-0.1, -0.05) is 20.3 Å². The lowest BCUT2D eigenvalue weighted by atomic mass is 9.78. The third-order valence-electron chi connectivity index (χ3n) is 4.62. The van der Waals surface area contributed by atoms with Crippen LogP contribution in [0.25, 0.3) is 0 Å². The summed E-state index contributed by atoms with van der Waals surface area (Å²) in [5.74, 6) is 0.0796. The van der Waals surface area contributed by atoms with Crippen LogP contribution in [-0.4, -0.2) is 55.2 Å². The number of hydrogen-bond acceptors (Lipinski definition) is 4. The molecule has 2 atom stereocenters. The van der Waals surface area contributed by atoms with E-state index in [2.05, 4.69) is 18.7 Å². The summed E-state index contributed by atoms with van der Waals surface area (Å²) in [4.78, 5) is 2.17. The Bertz CT molecular complexity index is 371. The van der Waals surface area contributed by atoms with Crippen LogP contribution in [-0.2, 0) is 9.84 Å². The van der Waals surface area contributed by atoms with Crippen LogP contribution in [0.15, 0.2) is 0 Å². The molecule has 2 saturated heterocycles. The molecule has 2 aliphatic rings. The van der Waals surface area contributed by atoms with Crippen LogP contribution in [0.3, 0.4) is 0 Å². The van der Waals surface area contributed by atoms with E-state index in [4.69, 9.17) is 0 Å². The second-order valence-electron chi connectivity index (χ2n) is 5.91. The summed E-state index contributed by atoms with van der Waals surface area (Å²) in [6.07, 6.45) is 2.69. The van der Waals surface area contributed by atoms with Crippen molar-refractivity contribution in [1.29, 1.82) is 0 Å². The van der Waals surface area contributed by atoms with E-state index in [1.54, 1.807) is 0 Å². The molecule has 0 aromatic rings. The van der Waals surface area contributed by atoms with E-state index in [9.17, 15) is 13.5 Å². The minimum absolute atomic E-state index is 0.0563. The van der Waals surface area contributed by atoms with Crippen molar-refractivity contribution < 1.29 is 13.5 Å². The summed E-state index contributed by atoms with van der Waals surface area (Å²) in [5.41, 5.74) is 0.402. The predicted octanol–water partition coefficient (Wildman–Crippen LogP) is 0.656. The highest BCUT2D eigenvalue weighted by atomic mass is 32.2. The molecule has 2 unspecified atom stereocenters. The molecule has 0 saturated carbocycles. The molecule has 4 nitrogen and oxygen atoms in total. The molecule has 0 aromatic carbocycles. The van der Waals surface area contributed by atoms with Crippen LogP contribution >= 0.6 is 0 Å². The van der Waals surface area contributed by atoms with E-state index >= 15 is 0 Å². The molecule has 17 heavy (non-hydrogen) atoms. The fraction of sp³-hybridized carbons (Fsp3) is 1.00. The Hall–Kier alpha value is -0.130. The molecule has 5 heteroatoms. The summed E-state index contributed by atoms with van der Waals surface area (Å²) in [7, 11) is -3.02. The largest absolute Gasteiger partial charge is 0.390 e. The van der Waals surface area contributed by atoms with Gasteiger partial charge in [0.15, 0.2) is 9.84 Å². The van der Waals surface area contributed by atoms with Gasteiger partial charge in [0.2, 0.25) is 0 Å². The van der Waals surface area contributed by atoms with Crippen molar-refractivity contribution in [3.8, 4) is 0 Å². The average Bonchev–Trinajstić information content (AvgIpc) is 2.53. The molecule has 2 aliphatic heterocycles. The lowest BCUT2D eigenvalue weighted by Crippen LogP contribution is -2.48. The van der Waals surface area contributed by atoms with Gasteiger partial charge in [-0.05, 0) is 31.3 Å². The maximum atomic E-state index is 11.5. The van der Waals surface area contributed by atoms with E-state index in [0.29, 0.717) is 5.41 Å². The molecule has 2 fully saturated rings. The van der Waals surface area contributed by atoms with Crippen molar-refractivity contribution in [1.82, 2.24) is 4.90 Å². The van der Waals surface area contributed by atoms with Gasteiger partial charge >= 0.3 is 0 Å². The maximum Gasteiger partial charge on any atom is 0.154 e. The number of rotatable bonds is 2. The number of likely N-dealkylation sites (tertiary alicyclic amines) is 1. The standard InChI is InChI=1S/C12H23NO3S/c1-3-12(2)4-6-13(7-5-12)10-8-17(15,16)9-11(10)14/h10-11,14H,3-9H2,1-2H3. The molecule has 0 radical (unpaired) electrons. The molecule has 0 amide bonds. The van der Waals surface area contributed by atoms with Gasteiger partial charge in [0, 0.05) is 0 Å². The zero-order chi connectivity index (χ0) is 12.7. The number of aliphatic hydroxyl groups excluding tert-OH is 1. The highest BCUT2D eigenvalue weighted by Gasteiger charge is 2.42. The van der Waals surface area contributed by atoms with Crippen LogP contribution in [0.2, 0.25) is 0 Å². The van der Waals surface area contributed by atoms with Crippen molar-refractivity contribution in [2.75, 3.05) is 24.6 Å². The normalized spacial score (nSPS) is 37.1. The predicted molar refractivity (Wildman–Crippen MR) is 67.7 cm³/mol. The molecule has 100 valence electrons. The van der Waals surface area contributed by atoms with E-state index in [1.165, 1.54) is 6.42 Å². The minimum Gasteiger partial charge on any atom is -0.390 e. The number of aliphatic hydroxyl groups is 1. The molecule has 0 bridgehead atoms. The highest BCUT2D eigenvalue weighted by molar-refractivity contribution is 7.91. The van der Waals surface area contributed by atoms with Crippen molar-refractivity contribution in [2.24, 2.45) is 5.41 Å². The summed E-state index contributed by atoms with van der Waals surface area (Å²) in [5, 5.41) is 9.84. The van der Waals surface area contributed by atoms with Crippen LogP contribution < -0.4 is 0 Å². The fourth-order valence-corrected chi connectivity index (χ4v) is 4.74. The Morgan fingerprint density at radius 3 is 2.29 bits per heavy atom. The van der Waals surface area contributed by atoms with Crippen molar-refractivity contribution in [2.45, 2.75) is 45.3 Å². The van der Waals surface area contributed by atoms with Crippen LogP contribution in [0.5, 0.6) is 0 Å². The van der Waals surface area contributed by atoms with Crippen LogP contribution in [0, 0.1) is 5.41 Å². The molecular formula is C12H23NO3S. The lowest BCUT2D eigenvalue weighted by Gasteiger charge is -2.41. The Morgan fingerprint density at radius 2 is 1.88 bits per heavy atom. The van der Waals surface area contributed by atoms with Crippen LogP contribution in [0.4, 0.5) is 0 Å². The number of sulfone groups is 1. The van der Waals surface area contributed by atoms with E-state index in [0.717, 1.165) is 25.9 Å². The first-order valence-electron chi connectivity index (χ1n) is 6.48. The summed E-state index contributed by atoms with van der Waals surface area (Å²) < 4.78 is 23.0.